The average Bonchev–Trinajstić information content (AvgIpc) is 2.72. The van der Waals surface area contributed by atoms with E-state index in [1.54, 1.807) is 11.7 Å². The Morgan fingerprint density at radius 3 is 2.68 bits per heavy atom. The summed E-state index contributed by atoms with van der Waals surface area (Å²) in [6, 6.07) is 0. The second-order valence-electron chi connectivity index (χ2n) is 5.29. The van der Waals surface area contributed by atoms with Gasteiger partial charge < -0.3 is 10.2 Å². The fourth-order valence-corrected chi connectivity index (χ4v) is 2.63. The monoisotopic (exact) mass is 267 g/mol. The molecule has 2 heterocycles. The van der Waals surface area contributed by atoms with Crippen molar-refractivity contribution in [3.8, 4) is 0 Å². The van der Waals surface area contributed by atoms with Crippen LogP contribution in [-0.2, 0) is 13.6 Å². The van der Waals surface area contributed by atoms with Gasteiger partial charge in [0, 0.05) is 13.6 Å². The lowest BCUT2D eigenvalue weighted by molar-refractivity contribution is 0.0666. The van der Waals surface area contributed by atoms with Gasteiger partial charge in [-0.2, -0.15) is 5.10 Å². The van der Waals surface area contributed by atoms with Gasteiger partial charge in [0.15, 0.2) is 0 Å². The topological polar surface area (TPSA) is 78.6 Å². The molecule has 0 bridgehead atoms. The van der Waals surface area contributed by atoms with Gasteiger partial charge in [0.2, 0.25) is 0 Å². The van der Waals surface area contributed by atoms with Crippen LogP contribution in [0.3, 0.4) is 0 Å². The van der Waals surface area contributed by atoms with Crippen LogP contribution in [0.25, 0.3) is 0 Å². The van der Waals surface area contributed by atoms with Crippen LogP contribution < -0.4 is 0 Å². The Hall–Kier alpha value is -1.40. The van der Waals surface area contributed by atoms with E-state index >= 15 is 0 Å². The lowest BCUT2D eigenvalue weighted by Crippen LogP contribution is -2.37. The minimum atomic E-state index is -0.929. The van der Waals surface area contributed by atoms with Crippen molar-refractivity contribution in [3.63, 3.8) is 0 Å². The summed E-state index contributed by atoms with van der Waals surface area (Å²) in [6.07, 6.45) is 3.06. The number of hydrogen-bond acceptors (Lipinski definition) is 4. The number of aromatic carboxylic acids is 1. The molecule has 1 atom stereocenters. The molecule has 1 aromatic heterocycles. The third-order valence-electron chi connectivity index (χ3n) is 3.98. The number of likely N-dealkylation sites (tertiary alicyclic amines) is 1. The van der Waals surface area contributed by atoms with Crippen LogP contribution >= 0.6 is 0 Å². The number of nitrogens with zero attached hydrogens (tertiary/aromatic N) is 3. The summed E-state index contributed by atoms with van der Waals surface area (Å²) in [5.41, 5.74) is 1.02. The van der Waals surface area contributed by atoms with Crippen molar-refractivity contribution in [2.75, 3.05) is 13.1 Å². The molecule has 106 valence electrons. The normalized spacial score (nSPS) is 19.5. The van der Waals surface area contributed by atoms with E-state index in [1.165, 1.54) is 6.20 Å². The van der Waals surface area contributed by atoms with Gasteiger partial charge >= 0.3 is 5.97 Å². The Balaban J connectivity index is 1.99. The first kappa shape index (κ1) is 14.0. The van der Waals surface area contributed by atoms with E-state index in [4.69, 9.17) is 5.11 Å². The zero-order chi connectivity index (χ0) is 14.0. The van der Waals surface area contributed by atoms with Crippen molar-refractivity contribution in [1.29, 1.82) is 0 Å². The zero-order valence-corrected chi connectivity index (χ0v) is 11.4. The van der Waals surface area contributed by atoms with Crippen LogP contribution in [0.5, 0.6) is 0 Å². The Morgan fingerprint density at radius 2 is 2.16 bits per heavy atom. The summed E-state index contributed by atoms with van der Waals surface area (Å²) in [6.45, 7) is 4.22. The maximum absolute atomic E-state index is 11.1. The Labute approximate surface area is 112 Å². The molecule has 1 aliphatic heterocycles. The SMILES string of the molecule is CC(O)C1CCN(Cc2c(C(=O)O)cnn2C)CC1. The lowest BCUT2D eigenvalue weighted by atomic mass is 9.92. The molecule has 0 aliphatic carbocycles. The first-order chi connectivity index (χ1) is 8.99. The molecule has 1 aromatic rings. The van der Waals surface area contributed by atoms with Crippen molar-refractivity contribution in [1.82, 2.24) is 14.7 Å². The van der Waals surface area contributed by atoms with E-state index in [0.717, 1.165) is 31.6 Å². The van der Waals surface area contributed by atoms with Gasteiger partial charge in [-0.05, 0) is 38.8 Å². The average molecular weight is 267 g/mol. The number of carboxylic acid groups (broad SMARTS) is 1. The van der Waals surface area contributed by atoms with Crippen LogP contribution in [0.4, 0.5) is 0 Å². The van der Waals surface area contributed by atoms with Crippen molar-refractivity contribution in [3.05, 3.63) is 17.5 Å². The molecular formula is C13H21N3O3. The van der Waals surface area contributed by atoms with Crippen molar-refractivity contribution >= 4 is 5.97 Å². The third-order valence-corrected chi connectivity index (χ3v) is 3.98. The van der Waals surface area contributed by atoms with Crippen LogP contribution in [-0.4, -0.2) is 50.1 Å². The smallest absolute Gasteiger partial charge is 0.339 e. The van der Waals surface area contributed by atoms with Gasteiger partial charge in [-0.1, -0.05) is 0 Å². The number of aromatic nitrogens is 2. The fourth-order valence-electron chi connectivity index (χ4n) is 2.63. The number of carbonyl (C=O) groups is 1. The van der Waals surface area contributed by atoms with E-state index in [1.807, 2.05) is 6.92 Å². The van der Waals surface area contributed by atoms with Crippen molar-refractivity contribution in [2.24, 2.45) is 13.0 Å². The number of piperidine rings is 1. The first-order valence-corrected chi connectivity index (χ1v) is 6.63. The maximum atomic E-state index is 11.1. The molecule has 1 fully saturated rings. The van der Waals surface area contributed by atoms with Gasteiger partial charge in [0.25, 0.3) is 0 Å². The largest absolute Gasteiger partial charge is 0.478 e. The van der Waals surface area contributed by atoms with E-state index in [2.05, 4.69) is 10.00 Å². The number of aliphatic hydroxyl groups excluding tert-OH is 1. The molecule has 1 saturated heterocycles. The van der Waals surface area contributed by atoms with Gasteiger partial charge in [0.05, 0.1) is 18.0 Å². The molecule has 0 aromatic carbocycles. The Kier molecular flexibility index (Phi) is 4.21. The van der Waals surface area contributed by atoms with Crippen LogP contribution in [0.1, 0.15) is 35.8 Å². The quantitative estimate of drug-likeness (QED) is 0.840. The fraction of sp³-hybridized carbons (Fsp3) is 0.692. The molecule has 19 heavy (non-hydrogen) atoms. The molecule has 2 N–H and O–H groups in total. The second-order valence-corrected chi connectivity index (χ2v) is 5.29. The molecule has 1 unspecified atom stereocenters. The molecule has 0 saturated carbocycles. The van der Waals surface area contributed by atoms with Crippen molar-refractivity contribution < 1.29 is 15.0 Å². The van der Waals surface area contributed by atoms with Crippen LogP contribution in [0.2, 0.25) is 0 Å². The predicted octanol–water partition coefficient (Wildman–Crippen LogP) is 0.711. The zero-order valence-electron chi connectivity index (χ0n) is 11.4. The molecule has 6 nitrogen and oxygen atoms in total. The summed E-state index contributed by atoms with van der Waals surface area (Å²) >= 11 is 0. The highest BCUT2D eigenvalue weighted by Gasteiger charge is 2.24. The highest BCUT2D eigenvalue weighted by atomic mass is 16.4. The van der Waals surface area contributed by atoms with E-state index < -0.39 is 5.97 Å². The number of aryl methyl sites for hydroxylation is 1. The summed E-state index contributed by atoms with van der Waals surface area (Å²) in [4.78, 5) is 13.3. The minimum absolute atomic E-state index is 0.256. The van der Waals surface area contributed by atoms with Crippen LogP contribution in [0.15, 0.2) is 6.20 Å². The second kappa shape index (κ2) is 5.71. The van der Waals surface area contributed by atoms with Gasteiger partial charge in [-0.25, -0.2) is 4.79 Å². The van der Waals surface area contributed by atoms with Crippen molar-refractivity contribution in [2.45, 2.75) is 32.4 Å². The maximum Gasteiger partial charge on any atom is 0.339 e. The predicted molar refractivity (Wildman–Crippen MR) is 69.8 cm³/mol. The standard InChI is InChI=1S/C13H21N3O3/c1-9(17)10-3-5-16(6-4-10)8-12-11(13(18)19)7-14-15(12)2/h7,9-10,17H,3-6,8H2,1-2H3,(H,18,19). The first-order valence-electron chi connectivity index (χ1n) is 6.63. The Bertz CT molecular complexity index is 448. The molecule has 1 aliphatic rings. The number of hydrogen-bond donors (Lipinski definition) is 2. The van der Waals surface area contributed by atoms with E-state index in [0.29, 0.717) is 12.5 Å². The Morgan fingerprint density at radius 1 is 1.53 bits per heavy atom. The van der Waals surface area contributed by atoms with Gasteiger partial charge in [0.1, 0.15) is 5.56 Å². The number of carboxylic acids is 1. The molecule has 0 radical (unpaired) electrons. The molecule has 2 rings (SSSR count). The summed E-state index contributed by atoms with van der Waals surface area (Å²) in [5.74, 6) is -0.566. The van der Waals surface area contributed by atoms with E-state index in [9.17, 15) is 9.90 Å². The molecule has 6 heteroatoms. The highest BCUT2D eigenvalue weighted by molar-refractivity contribution is 5.88. The molecule has 0 amide bonds. The molecular weight excluding hydrogens is 246 g/mol. The number of rotatable bonds is 4. The lowest BCUT2D eigenvalue weighted by Gasteiger charge is -2.33. The summed E-state index contributed by atoms with van der Waals surface area (Å²) < 4.78 is 1.63. The summed E-state index contributed by atoms with van der Waals surface area (Å²) in [7, 11) is 1.77. The van der Waals surface area contributed by atoms with Gasteiger partial charge in [-0.3, -0.25) is 9.58 Å². The third kappa shape index (κ3) is 3.13. The van der Waals surface area contributed by atoms with Crippen LogP contribution in [0, 0.1) is 5.92 Å². The highest BCUT2D eigenvalue weighted by Crippen LogP contribution is 2.22. The van der Waals surface area contributed by atoms with E-state index in [-0.39, 0.29) is 11.7 Å². The molecule has 0 spiro atoms. The van der Waals surface area contributed by atoms with Gasteiger partial charge in [-0.15, -0.1) is 0 Å². The minimum Gasteiger partial charge on any atom is -0.478 e. The summed E-state index contributed by atoms with van der Waals surface area (Å²) in [5, 5.41) is 22.7. The number of aliphatic hydroxyl groups is 1.